The van der Waals surface area contributed by atoms with E-state index in [2.05, 4.69) is 24.2 Å². The molecule has 0 aromatic carbocycles. The molecule has 0 amide bonds. The summed E-state index contributed by atoms with van der Waals surface area (Å²) in [4.78, 5) is 4.25. The average Bonchev–Trinajstić information content (AvgIpc) is 2.18. The Morgan fingerprint density at radius 1 is 1.57 bits per heavy atom. The molecule has 2 nitrogen and oxygen atoms in total. The van der Waals surface area contributed by atoms with E-state index in [1.807, 2.05) is 19.9 Å². The van der Waals surface area contributed by atoms with Crippen LogP contribution in [0.3, 0.4) is 0 Å². The average molecular weight is 198 g/mol. The van der Waals surface area contributed by atoms with Crippen molar-refractivity contribution in [3.8, 4) is 0 Å². The molecule has 0 radical (unpaired) electrons. The van der Waals surface area contributed by atoms with Gasteiger partial charge in [0.15, 0.2) is 0 Å². The van der Waals surface area contributed by atoms with E-state index in [4.69, 9.17) is 0 Å². The Labute approximate surface area is 85.3 Å². The van der Waals surface area contributed by atoms with Gasteiger partial charge < -0.3 is 5.32 Å². The van der Waals surface area contributed by atoms with Crippen molar-refractivity contribution in [1.29, 1.82) is 0 Å². The second-order valence-electron chi connectivity index (χ2n) is 4.74. The smallest absolute Gasteiger partial charge is 0.126 e. The highest BCUT2D eigenvalue weighted by Gasteiger charge is 2.30. The van der Waals surface area contributed by atoms with Crippen molar-refractivity contribution in [2.75, 3.05) is 6.67 Å². The Balaban J connectivity index is 2.72. The fraction of sp³-hybridized carbons (Fsp3) is 0.727. The number of hydrogen-bond acceptors (Lipinski definition) is 2. The zero-order chi connectivity index (χ0) is 10.8. The molecule has 0 aromatic rings. The van der Waals surface area contributed by atoms with E-state index in [1.54, 1.807) is 6.21 Å². The molecule has 3 heteroatoms. The lowest BCUT2D eigenvalue weighted by atomic mass is 9.90. The van der Waals surface area contributed by atoms with E-state index in [0.717, 1.165) is 5.70 Å². The first-order chi connectivity index (χ1) is 6.47. The van der Waals surface area contributed by atoms with Crippen LogP contribution >= 0.6 is 0 Å². The van der Waals surface area contributed by atoms with Crippen molar-refractivity contribution in [3.63, 3.8) is 0 Å². The largest absolute Gasteiger partial charge is 0.366 e. The summed E-state index contributed by atoms with van der Waals surface area (Å²) < 4.78 is 12.8. The summed E-state index contributed by atoms with van der Waals surface area (Å²) in [6, 6.07) is 0. The van der Waals surface area contributed by atoms with Gasteiger partial charge in [-0.1, -0.05) is 27.7 Å². The van der Waals surface area contributed by atoms with Gasteiger partial charge in [-0.05, 0) is 12.0 Å². The summed E-state index contributed by atoms with van der Waals surface area (Å²) >= 11 is 0. The minimum atomic E-state index is -0.440. The maximum Gasteiger partial charge on any atom is 0.126 e. The highest BCUT2D eigenvalue weighted by molar-refractivity contribution is 5.73. The Hall–Kier alpha value is -0.860. The number of halogens is 1. The van der Waals surface area contributed by atoms with Crippen molar-refractivity contribution < 1.29 is 4.39 Å². The fourth-order valence-electron chi connectivity index (χ4n) is 1.28. The molecule has 80 valence electrons. The maximum absolute atomic E-state index is 12.8. The minimum absolute atomic E-state index is 0.144. The highest BCUT2D eigenvalue weighted by Crippen LogP contribution is 2.25. The zero-order valence-electron chi connectivity index (χ0n) is 9.34. The van der Waals surface area contributed by atoms with Gasteiger partial charge in [0.25, 0.3) is 0 Å². The Morgan fingerprint density at radius 2 is 2.21 bits per heavy atom. The molecular formula is C11H19FN2. The van der Waals surface area contributed by atoms with E-state index in [9.17, 15) is 4.39 Å². The SMILES string of the molecule is CC(C)C1=CC=NC(C(C)(C)CF)N1. The maximum atomic E-state index is 12.8. The summed E-state index contributed by atoms with van der Waals surface area (Å²) in [6.45, 7) is 7.61. The number of alkyl halides is 1. The van der Waals surface area contributed by atoms with Crippen LogP contribution in [0, 0.1) is 11.3 Å². The molecule has 1 aliphatic heterocycles. The van der Waals surface area contributed by atoms with Gasteiger partial charge in [-0.15, -0.1) is 0 Å². The van der Waals surface area contributed by atoms with Gasteiger partial charge in [0.05, 0.1) is 6.67 Å². The first kappa shape index (κ1) is 11.2. The molecule has 0 aromatic heterocycles. The Bertz CT molecular complexity index is 254. The third-order valence-corrected chi connectivity index (χ3v) is 2.50. The lowest BCUT2D eigenvalue weighted by Crippen LogP contribution is -2.43. The molecule has 0 fully saturated rings. The molecule has 1 unspecified atom stereocenters. The Kier molecular flexibility index (Phi) is 3.29. The molecule has 1 rings (SSSR count). The van der Waals surface area contributed by atoms with E-state index in [0.29, 0.717) is 5.92 Å². The fourth-order valence-corrected chi connectivity index (χ4v) is 1.28. The summed E-state index contributed by atoms with van der Waals surface area (Å²) in [5, 5.41) is 3.27. The van der Waals surface area contributed by atoms with Gasteiger partial charge in [-0.3, -0.25) is 9.38 Å². The van der Waals surface area contributed by atoms with Gasteiger partial charge in [0.1, 0.15) is 6.17 Å². The van der Waals surface area contributed by atoms with Gasteiger partial charge in [-0.25, -0.2) is 0 Å². The molecular weight excluding hydrogens is 179 g/mol. The highest BCUT2D eigenvalue weighted by atomic mass is 19.1. The van der Waals surface area contributed by atoms with E-state index >= 15 is 0 Å². The molecule has 14 heavy (non-hydrogen) atoms. The molecule has 1 heterocycles. The number of rotatable bonds is 3. The summed E-state index contributed by atoms with van der Waals surface area (Å²) in [6.07, 6.45) is 3.58. The minimum Gasteiger partial charge on any atom is -0.366 e. The van der Waals surface area contributed by atoms with Crippen LogP contribution < -0.4 is 5.32 Å². The molecule has 1 aliphatic rings. The Morgan fingerprint density at radius 3 is 2.71 bits per heavy atom. The lowest BCUT2D eigenvalue weighted by molar-refractivity contribution is 0.191. The number of nitrogens with one attached hydrogen (secondary N) is 1. The third-order valence-electron chi connectivity index (χ3n) is 2.50. The summed E-state index contributed by atoms with van der Waals surface area (Å²) in [7, 11) is 0. The lowest BCUT2D eigenvalue weighted by Gasteiger charge is -2.33. The normalized spacial score (nSPS) is 22.1. The van der Waals surface area contributed by atoms with Crippen LogP contribution in [0.2, 0.25) is 0 Å². The van der Waals surface area contributed by atoms with Crippen molar-refractivity contribution in [1.82, 2.24) is 5.32 Å². The van der Waals surface area contributed by atoms with Crippen LogP contribution in [0.25, 0.3) is 0 Å². The zero-order valence-corrected chi connectivity index (χ0v) is 9.34. The molecule has 0 aliphatic carbocycles. The number of nitrogens with zero attached hydrogens (tertiary/aromatic N) is 1. The standard InChI is InChI=1S/C11H19FN2/c1-8(2)9-5-6-13-10(14-9)11(3,4)7-12/h5-6,8,10,14H,7H2,1-4H3. The van der Waals surface area contributed by atoms with Crippen LogP contribution in [0.15, 0.2) is 16.8 Å². The van der Waals surface area contributed by atoms with E-state index in [-0.39, 0.29) is 12.8 Å². The molecule has 0 spiro atoms. The van der Waals surface area contributed by atoms with Crippen LogP contribution in [-0.2, 0) is 0 Å². The van der Waals surface area contributed by atoms with Gasteiger partial charge in [0.2, 0.25) is 0 Å². The summed E-state index contributed by atoms with van der Waals surface area (Å²) in [5.41, 5.74) is 0.691. The third kappa shape index (κ3) is 2.34. The monoisotopic (exact) mass is 198 g/mol. The molecule has 1 N–H and O–H groups in total. The van der Waals surface area contributed by atoms with Gasteiger partial charge in [-0.2, -0.15) is 0 Å². The number of allylic oxidation sites excluding steroid dienone is 2. The van der Waals surface area contributed by atoms with Crippen molar-refractivity contribution in [2.24, 2.45) is 16.3 Å². The van der Waals surface area contributed by atoms with Crippen molar-refractivity contribution in [3.05, 3.63) is 11.8 Å². The predicted molar refractivity (Wildman–Crippen MR) is 58.1 cm³/mol. The number of aliphatic imine (C=N–C) groups is 1. The molecule has 0 saturated heterocycles. The topological polar surface area (TPSA) is 24.4 Å². The van der Waals surface area contributed by atoms with Crippen molar-refractivity contribution >= 4 is 6.21 Å². The second-order valence-corrected chi connectivity index (χ2v) is 4.74. The van der Waals surface area contributed by atoms with Crippen LogP contribution in [-0.4, -0.2) is 19.1 Å². The second kappa shape index (κ2) is 4.11. The van der Waals surface area contributed by atoms with E-state index < -0.39 is 5.41 Å². The first-order valence-electron chi connectivity index (χ1n) is 5.03. The molecule has 0 bridgehead atoms. The summed E-state index contributed by atoms with van der Waals surface area (Å²) in [5.74, 6) is 0.430. The van der Waals surface area contributed by atoms with E-state index in [1.165, 1.54) is 0 Å². The molecule has 0 saturated carbocycles. The van der Waals surface area contributed by atoms with Gasteiger partial charge in [0, 0.05) is 17.3 Å². The van der Waals surface area contributed by atoms with Crippen molar-refractivity contribution in [2.45, 2.75) is 33.9 Å². The quantitative estimate of drug-likeness (QED) is 0.740. The van der Waals surface area contributed by atoms with Gasteiger partial charge >= 0.3 is 0 Å². The molecule has 1 atom stereocenters. The van der Waals surface area contributed by atoms with Crippen LogP contribution in [0.5, 0.6) is 0 Å². The van der Waals surface area contributed by atoms with Crippen LogP contribution in [0.1, 0.15) is 27.7 Å². The van der Waals surface area contributed by atoms with Crippen LogP contribution in [0.4, 0.5) is 4.39 Å². The predicted octanol–water partition coefficient (Wildman–Crippen LogP) is 2.52. The number of hydrogen-bond donors (Lipinski definition) is 1. The first-order valence-corrected chi connectivity index (χ1v) is 5.03.